The van der Waals surface area contributed by atoms with Crippen LogP contribution in [0.2, 0.25) is 0 Å². The molecule has 116 valence electrons. The number of terminal acetylenes is 1. The molecule has 0 unspecified atom stereocenters. The Kier molecular flexibility index (Phi) is 6.85. The van der Waals surface area contributed by atoms with Gasteiger partial charge >= 0.3 is 6.18 Å². The Morgan fingerprint density at radius 2 is 2.09 bits per heavy atom. The Labute approximate surface area is 128 Å². The number of nitrogens with zero attached hydrogens (tertiary/aromatic N) is 1. The molecule has 0 aliphatic rings. The van der Waals surface area contributed by atoms with E-state index in [0.29, 0.717) is 18.1 Å². The highest BCUT2D eigenvalue weighted by Crippen LogP contribution is 2.29. The maximum absolute atomic E-state index is 12.6. The number of hydrogen-bond acceptors (Lipinski definition) is 1. The Balaban J connectivity index is 2.66. The molecule has 0 fully saturated rings. The molecule has 0 heterocycles. The molecule has 22 heavy (non-hydrogen) atoms. The number of halogens is 3. The van der Waals surface area contributed by atoms with Crippen molar-refractivity contribution in [3.05, 3.63) is 35.4 Å². The number of aliphatic imine (C=N–C) groups is 1. The standard InChI is InChI=1S/C16H16F3N3/c1-3-10-21-15(20-4-2)22-11-6-8-13-7-5-9-14(12-13)16(17,18)19/h1,5,7,9,12H,4,10-11H2,2H3,(H2,20,21,22). The number of hydrogen-bond donors (Lipinski definition) is 2. The zero-order valence-corrected chi connectivity index (χ0v) is 12.1. The SMILES string of the molecule is C#CCN=C(NCC)NCC#Cc1cccc(C(F)(F)F)c1. The third-order valence-electron chi connectivity index (χ3n) is 2.44. The fourth-order valence-corrected chi connectivity index (χ4v) is 1.51. The molecule has 0 aliphatic heterocycles. The Hall–Kier alpha value is -2.60. The van der Waals surface area contributed by atoms with E-state index in [1.807, 2.05) is 6.92 Å². The predicted octanol–water partition coefficient (Wildman–Crippen LogP) is 2.25. The van der Waals surface area contributed by atoms with Crippen molar-refractivity contribution in [1.29, 1.82) is 0 Å². The number of alkyl halides is 3. The van der Waals surface area contributed by atoms with E-state index >= 15 is 0 Å². The van der Waals surface area contributed by atoms with Crippen molar-refractivity contribution in [3.8, 4) is 24.2 Å². The van der Waals surface area contributed by atoms with Crippen LogP contribution in [0.15, 0.2) is 29.3 Å². The zero-order valence-electron chi connectivity index (χ0n) is 12.1. The van der Waals surface area contributed by atoms with Crippen LogP contribution in [0.1, 0.15) is 18.1 Å². The molecule has 0 saturated carbocycles. The first-order valence-electron chi connectivity index (χ1n) is 6.59. The molecular formula is C16H16F3N3. The number of rotatable bonds is 3. The van der Waals surface area contributed by atoms with Crippen LogP contribution in [-0.4, -0.2) is 25.6 Å². The van der Waals surface area contributed by atoms with E-state index in [0.717, 1.165) is 12.1 Å². The molecular weight excluding hydrogens is 291 g/mol. The fourth-order valence-electron chi connectivity index (χ4n) is 1.51. The summed E-state index contributed by atoms with van der Waals surface area (Å²) in [5, 5.41) is 5.89. The second-order valence-corrected chi connectivity index (χ2v) is 4.13. The van der Waals surface area contributed by atoms with Gasteiger partial charge in [-0.05, 0) is 25.1 Å². The first-order valence-corrected chi connectivity index (χ1v) is 6.59. The van der Waals surface area contributed by atoms with Crippen molar-refractivity contribution in [1.82, 2.24) is 10.6 Å². The maximum Gasteiger partial charge on any atom is 0.416 e. The molecule has 6 heteroatoms. The molecule has 0 spiro atoms. The molecule has 0 saturated heterocycles. The van der Waals surface area contributed by atoms with Gasteiger partial charge in [-0.3, -0.25) is 0 Å². The summed E-state index contributed by atoms with van der Waals surface area (Å²) in [6, 6.07) is 4.89. The summed E-state index contributed by atoms with van der Waals surface area (Å²) in [4.78, 5) is 4.06. The summed E-state index contributed by atoms with van der Waals surface area (Å²) < 4.78 is 37.7. The molecule has 2 N–H and O–H groups in total. The molecule has 1 aromatic carbocycles. The topological polar surface area (TPSA) is 36.4 Å². The smallest absolute Gasteiger partial charge is 0.357 e. The molecule has 1 aromatic rings. The van der Waals surface area contributed by atoms with Gasteiger partial charge in [-0.15, -0.1) is 6.42 Å². The lowest BCUT2D eigenvalue weighted by Gasteiger charge is -2.07. The van der Waals surface area contributed by atoms with E-state index in [4.69, 9.17) is 6.42 Å². The first kappa shape index (κ1) is 17.5. The summed E-state index contributed by atoms with van der Waals surface area (Å²) in [6.07, 6.45) is 0.756. The molecule has 0 radical (unpaired) electrons. The van der Waals surface area contributed by atoms with Crippen molar-refractivity contribution >= 4 is 5.96 Å². The van der Waals surface area contributed by atoms with E-state index in [1.165, 1.54) is 12.1 Å². The lowest BCUT2D eigenvalue weighted by Crippen LogP contribution is -2.37. The van der Waals surface area contributed by atoms with E-state index in [-0.39, 0.29) is 13.1 Å². The van der Waals surface area contributed by atoms with Gasteiger partial charge in [-0.1, -0.05) is 23.8 Å². The molecule has 0 aliphatic carbocycles. The van der Waals surface area contributed by atoms with Gasteiger partial charge in [0.15, 0.2) is 5.96 Å². The average molecular weight is 307 g/mol. The van der Waals surface area contributed by atoms with Crippen LogP contribution in [0.4, 0.5) is 13.2 Å². The number of benzene rings is 1. The minimum Gasteiger partial charge on any atom is -0.357 e. The van der Waals surface area contributed by atoms with Crippen LogP contribution in [0.5, 0.6) is 0 Å². The number of nitrogens with one attached hydrogen (secondary N) is 2. The molecule has 0 aromatic heterocycles. The van der Waals surface area contributed by atoms with Crippen molar-refractivity contribution in [2.75, 3.05) is 19.6 Å². The summed E-state index contributed by atoms with van der Waals surface area (Å²) >= 11 is 0. The second-order valence-electron chi connectivity index (χ2n) is 4.13. The summed E-state index contributed by atoms with van der Waals surface area (Å²) in [7, 11) is 0. The molecule has 0 bridgehead atoms. The van der Waals surface area contributed by atoms with E-state index in [9.17, 15) is 13.2 Å². The maximum atomic E-state index is 12.6. The molecule has 0 amide bonds. The minimum atomic E-state index is -4.37. The van der Waals surface area contributed by atoms with Crippen LogP contribution in [0.3, 0.4) is 0 Å². The van der Waals surface area contributed by atoms with Crippen molar-refractivity contribution < 1.29 is 13.2 Å². The summed E-state index contributed by atoms with van der Waals surface area (Å²) in [6.45, 7) is 3.04. The van der Waals surface area contributed by atoms with Crippen LogP contribution in [0.25, 0.3) is 0 Å². The minimum absolute atomic E-state index is 0.233. The summed E-state index contributed by atoms with van der Waals surface area (Å²) in [5.41, 5.74) is -0.404. The van der Waals surface area contributed by atoms with Gasteiger partial charge in [-0.25, -0.2) is 4.99 Å². The van der Waals surface area contributed by atoms with Gasteiger partial charge in [0.1, 0.15) is 6.54 Å². The Morgan fingerprint density at radius 1 is 1.32 bits per heavy atom. The van der Waals surface area contributed by atoms with Crippen LogP contribution >= 0.6 is 0 Å². The van der Waals surface area contributed by atoms with Crippen LogP contribution < -0.4 is 10.6 Å². The third-order valence-corrected chi connectivity index (χ3v) is 2.44. The number of guanidine groups is 1. The van der Waals surface area contributed by atoms with Gasteiger partial charge in [-0.2, -0.15) is 13.2 Å². The highest BCUT2D eigenvalue weighted by Gasteiger charge is 2.30. The van der Waals surface area contributed by atoms with E-state index in [2.05, 4.69) is 33.4 Å². The van der Waals surface area contributed by atoms with Crippen LogP contribution in [0, 0.1) is 24.2 Å². The lowest BCUT2D eigenvalue weighted by molar-refractivity contribution is -0.137. The van der Waals surface area contributed by atoms with Gasteiger partial charge in [0.2, 0.25) is 0 Å². The first-order chi connectivity index (χ1) is 10.5. The average Bonchev–Trinajstić information content (AvgIpc) is 2.48. The third kappa shape index (κ3) is 6.23. The molecule has 1 rings (SSSR count). The van der Waals surface area contributed by atoms with Gasteiger partial charge in [0.05, 0.1) is 12.1 Å². The molecule has 3 nitrogen and oxygen atoms in total. The van der Waals surface area contributed by atoms with Crippen LogP contribution in [-0.2, 0) is 6.18 Å². The van der Waals surface area contributed by atoms with Crippen molar-refractivity contribution in [2.24, 2.45) is 4.99 Å². The summed E-state index contributed by atoms with van der Waals surface area (Å²) in [5.74, 6) is 8.32. The monoisotopic (exact) mass is 307 g/mol. The fraction of sp³-hybridized carbons (Fsp3) is 0.312. The lowest BCUT2D eigenvalue weighted by atomic mass is 10.1. The van der Waals surface area contributed by atoms with Gasteiger partial charge in [0, 0.05) is 12.1 Å². The second kappa shape index (κ2) is 8.63. The van der Waals surface area contributed by atoms with E-state index < -0.39 is 11.7 Å². The zero-order chi connectivity index (χ0) is 16.4. The Morgan fingerprint density at radius 3 is 2.73 bits per heavy atom. The molecule has 0 atom stereocenters. The quantitative estimate of drug-likeness (QED) is 0.510. The predicted molar refractivity (Wildman–Crippen MR) is 81.1 cm³/mol. The highest BCUT2D eigenvalue weighted by molar-refractivity contribution is 5.80. The highest BCUT2D eigenvalue weighted by atomic mass is 19.4. The van der Waals surface area contributed by atoms with Gasteiger partial charge in [0.25, 0.3) is 0 Å². The largest absolute Gasteiger partial charge is 0.416 e. The Bertz CT molecular complexity index is 616. The normalized spacial score (nSPS) is 11.1. The van der Waals surface area contributed by atoms with Crippen molar-refractivity contribution in [2.45, 2.75) is 13.1 Å². The van der Waals surface area contributed by atoms with Gasteiger partial charge < -0.3 is 10.6 Å². The van der Waals surface area contributed by atoms with Crippen molar-refractivity contribution in [3.63, 3.8) is 0 Å². The van der Waals surface area contributed by atoms with E-state index in [1.54, 1.807) is 0 Å².